The molecule has 0 unspecified atom stereocenters. The molecular formula is C26H35N3O4. The van der Waals surface area contributed by atoms with Crippen molar-refractivity contribution in [3.8, 4) is 5.75 Å². The smallest absolute Gasteiger partial charge is 0.254 e. The van der Waals surface area contributed by atoms with Gasteiger partial charge in [0.2, 0.25) is 11.8 Å². The molecule has 0 heterocycles. The number of rotatable bonds is 13. The number of benzene rings is 2. The minimum absolute atomic E-state index is 0.106. The highest BCUT2D eigenvalue weighted by Crippen LogP contribution is 2.15. The van der Waals surface area contributed by atoms with Gasteiger partial charge in [0.25, 0.3) is 5.91 Å². The molecule has 178 valence electrons. The fourth-order valence-corrected chi connectivity index (χ4v) is 3.06. The predicted octanol–water partition coefficient (Wildman–Crippen LogP) is 4.17. The Bertz CT molecular complexity index is 895. The van der Waals surface area contributed by atoms with Crippen LogP contribution in [0.2, 0.25) is 0 Å². The van der Waals surface area contributed by atoms with Crippen molar-refractivity contribution in [2.75, 3.05) is 31.6 Å². The van der Waals surface area contributed by atoms with E-state index in [9.17, 15) is 14.4 Å². The van der Waals surface area contributed by atoms with Gasteiger partial charge < -0.3 is 20.3 Å². The van der Waals surface area contributed by atoms with Gasteiger partial charge in [-0.3, -0.25) is 14.4 Å². The van der Waals surface area contributed by atoms with Gasteiger partial charge >= 0.3 is 0 Å². The van der Waals surface area contributed by atoms with E-state index < -0.39 is 0 Å². The summed E-state index contributed by atoms with van der Waals surface area (Å²) in [7, 11) is 0. The first-order chi connectivity index (χ1) is 15.9. The second-order valence-corrected chi connectivity index (χ2v) is 8.00. The molecule has 0 aliphatic rings. The molecule has 7 heteroatoms. The fraction of sp³-hybridized carbons (Fsp3) is 0.423. The number of nitrogens with zero attached hydrogens (tertiary/aromatic N) is 1. The molecule has 0 aromatic heterocycles. The molecule has 0 fully saturated rings. The van der Waals surface area contributed by atoms with Crippen LogP contribution >= 0.6 is 0 Å². The summed E-state index contributed by atoms with van der Waals surface area (Å²) in [6, 6.07) is 14.4. The number of hydrogen-bond acceptors (Lipinski definition) is 4. The molecule has 0 aliphatic carbocycles. The van der Waals surface area contributed by atoms with Gasteiger partial charge in [-0.15, -0.1) is 0 Å². The monoisotopic (exact) mass is 453 g/mol. The van der Waals surface area contributed by atoms with E-state index in [0.29, 0.717) is 24.4 Å². The van der Waals surface area contributed by atoms with Gasteiger partial charge in [-0.05, 0) is 56.2 Å². The topological polar surface area (TPSA) is 87.7 Å². The molecule has 33 heavy (non-hydrogen) atoms. The minimum Gasteiger partial charge on any atom is -0.494 e. The van der Waals surface area contributed by atoms with E-state index in [0.717, 1.165) is 37.0 Å². The van der Waals surface area contributed by atoms with Gasteiger partial charge in [0.05, 0.1) is 19.7 Å². The zero-order valence-electron chi connectivity index (χ0n) is 19.9. The average molecular weight is 454 g/mol. The molecule has 0 saturated heterocycles. The molecule has 0 atom stereocenters. The molecule has 0 radical (unpaired) electrons. The lowest BCUT2D eigenvalue weighted by Gasteiger charge is -2.22. The molecular weight excluding hydrogens is 418 g/mol. The number of ether oxygens (including phenoxy) is 1. The highest BCUT2D eigenvalue weighted by Gasteiger charge is 2.19. The number of unbranched alkanes of at least 4 members (excludes halogenated alkanes) is 2. The molecule has 2 aromatic rings. The zero-order valence-corrected chi connectivity index (χ0v) is 19.9. The van der Waals surface area contributed by atoms with Crippen LogP contribution in [-0.4, -0.2) is 48.9 Å². The third-order valence-electron chi connectivity index (χ3n) is 5.05. The first-order valence-corrected chi connectivity index (χ1v) is 11.6. The summed E-state index contributed by atoms with van der Waals surface area (Å²) in [6.45, 7) is 6.94. The Hall–Kier alpha value is -3.35. The van der Waals surface area contributed by atoms with Crippen molar-refractivity contribution in [1.29, 1.82) is 0 Å². The van der Waals surface area contributed by atoms with Crippen molar-refractivity contribution in [1.82, 2.24) is 10.2 Å². The van der Waals surface area contributed by atoms with Crippen molar-refractivity contribution in [3.63, 3.8) is 0 Å². The molecule has 2 rings (SSSR count). The van der Waals surface area contributed by atoms with E-state index in [4.69, 9.17) is 4.74 Å². The second-order valence-electron chi connectivity index (χ2n) is 8.00. The standard InChI is InChI=1S/C26H35N3O4/c1-4-6-16-29(26(32)21-10-14-23(15-11-21)33-17-7-5-2)19-25(31)27-18-24(30)28-22-12-8-20(3)9-13-22/h8-15H,4-7,16-19H2,1-3H3,(H,27,31)(H,28,30). The molecule has 3 amide bonds. The van der Waals surface area contributed by atoms with E-state index in [1.54, 1.807) is 36.4 Å². The molecule has 0 spiro atoms. The Balaban J connectivity index is 1.89. The predicted molar refractivity (Wildman–Crippen MR) is 130 cm³/mol. The molecule has 0 saturated carbocycles. The lowest BCUT2D eigenvalue weighted by molar-refractivity contribution is -0.124. The summed E-state index contributed by atoms with van der Waals surface area (Å²) in [6.07, 6.45) is 3.71. The van der Waals surface area contributed by atoms with E-state index in [1.165, 1.54) is 4.90 Å². The maximum Gasteiger partial charge on any atom is 0.254 e. The second kappa shape index (κ2) is 13.9. The Labute approximate surface area is 196 Å². The highest BCUT2D eigenvalue weighted by atomic mass is 16.5. The van der Waals surface area contributed by atoms with Gasteiger partial charge in [0.1, 0.15) is 5.75 Å². The van der Waals surface area contributed by atoms with Crippen LogP contribution in [0.4, 0.5) is 5.69 Å². The summed E-state index contributed by atoms with van der Waals surface area (Å²) >= 11 is 0. The Morgan fingerprint density at radius 2 is 1.55 bits per heavy atom. The number of nitrogens with one attached hydrogen (secondary N) is 2. The van der Waals surface area contributed by atoms with Gasteiger partial charge in [-0.25, -0.2) is 0 Å². The van der Waals surface area contributed by atoms with Crippen molar-refractivity contribution >= 4 is 23.4 Å². The molecule has 7 nitrogen and oxygen atoms in total. The van der Waals surface area contributed by atoms with Crippen molar-refractivity contribution in [2.24, 2.45) is 0 Å². The molecule has 2 N–H and O–H groups in total. The van der Waals surface area contributed by atoms with E-state index in [2.05, 4.69) is 17.6 Å². The number of anilines is 1. The highest BCUT2D eigenvalue weighted by molar-refractivity contribution is 5.98. The normalized spacial score (nSPS) is 10.4. The van der Waals surface area contributed by atoms with E-state index in [1.807, 2.05) is 26.0 Å². The third kappa shape index (κ3) is 9.35. The Kier molecular flexibility index (Phi) is 10.9. The summed E-state index contributed by atoms with van der Waals surface area (Å²) in [5.74, 6) is -0.199. The van der Waals surface area contributed by atoms with Crippen LogP contribution in [0.25, 0.3) is 0 Å². The van der Waals surface area contributed by atoms with Crippen molar-refractivity contribution < 1.29 is 19.1 Å². The SMILES string of the molecule is CCCCOc1ccc(C(=O)N(CCCC)CC(=O)NCC(=O)Nc2ccc(C)cc2)cc1. The maximum atomic E-state index is 13.0. The fourth-order valence-electron chi connectivity index (χ4n) is 3.06. The van der Waals surface area contributed by atoms with Crippen LogP contribution in [0, 0.1) is 6.92 Å². The van der Waals surface area contributed by atoms with Gasteiger partial charge in [0, 0.05) is 17.8 Å². The van der Waals surface area contributed by atoms with Crippen molar-refractivity contribution in [2.45, 2.75) is 46.5 Å². The molecule has 2 aromatic carbocycles. The molecule has 0 aliphatic heterocycles. The summed E-state index contributed by atoms with van der Waals surface area (Å²) < 4.78 is 5.65. The number of amides is 3. The lowest BCUT2D eigenvalue weighted by atomic mass is 10.1. The Morgan fingerprint density at radius 3 is 2.18 bits per heavy atom. The number of carbonyl (C=O) groups is 3. The third-order valence-corrected chi connectivity index (χ3v) is 5.05. The number of aryl methyl sites for hydroxylation is 1. The van der Waals surface area contributed by atoms with E-state index >= 15 is 0 Å². The van der Waals surface area contributed by atoms with Crippen LogP contribution in [-0.2, 0) is 9.59 Å². The summed E-state index contributed by atoms with van der Waals surface area (Å²) in [5, 5.41) is 5.34. The van der Waals surface area contributed by atoms with Gasteiger partial charge in [-0.2, -0.15) is 0 Å². The molecule has 0 bridgehead atoms. The van der Waals surface area contributed by atoms with Crippen molar-refractivity contribution in [3.05, 3.63) is 59.7 Å². The quantitative estimate of drug-likeness (QED) is 0.446. The number of hydrogen-bond donors (Lipinski definition) is 2. The maximum absolute atomic E-state index is 13.0. The number of carbonyl (C=O) groups excluding carboxylic acids is 3. The average Bonchev–Trinajstić information content (AvgIpc) is 2.82. The van der Waals surface area contributed by atoms with Crippen LogP contribution < -0.4 is 15.4 Å². The zero-order chi connectivity index (χ0) is 24.1. The van der Waals surface area contributed by atoms with Crippen LogP contribution in [0.3, 0.4) is 0 Å². The first kappa shape index (κ1) is 25.9. The lowest BCUT2D eigenvalue weighted by Crippen LogP contribution is -2.43. The minimum atomic E-state index is -0.377. The van der Waals surface area contributed by atoms with Crippen LogP contribution in [0.5, 0.6) is 5.75 Å². The summed E-state index contributed by atoms with van der Waals surface area (Å²) in [4.78, 5) is 39.1. The van der Waals surface area contributed by atoms with Crippen LogP contribution in [0.15, 0.2) is 48.5 Å². The Morgan fingerprint density at radius 1 is 0.879 bits per heavy atom. The largest absolute Gasteiger partial charge is 0.494 e. The van der Waals surface area contributed by atoms with Crippen LogP contribution in [0.1, 0.15) is 55.5 Å². The van der Waals surface area contributed by atoms with E-state index in [-0.39, 0.29) is 30.8 Å². The van der Waals surface area contributed by atoms with Gasteiger partial charge in [0.15, 0.2) is 0 Å². The first-order valence-electron chi connectivity index (χ1n) is 11.6. The summed E-state index contributed by atoms with van der Waals surface area (Å²) in [5.41, 5.74) is 2.26. The van der Waals surface area contributed by atoms with Gasteiger partial charge in [-0.1, -0.05) is 44.4 Å².